The van der Waals surface area contributed by atoms with Gasteiger partial charge >= 0.3 is 5.97 Å². The quantitative estimate of drug-likeness (QED) is 0.680. The maximum atomic E-state index is 10.8. The van der Waals surface area contributed by atoms with Crippen LogP contribution < -0.4 is 11.1 Å². The lowest BCUT2D eigenvalue weighted by Crippen LogP contribution is -2.21. The van der Waals surface area contributed by atoms with E-state index < -0.39 is 5.97 Å². The zero-order chi connectivity index (χ0) is 11.5. The summed E-state index contributed by atoms with van der Waals surface area (Å²) in [6.45, 7) is 0.882. The number of nitrogen functional groups attached to an aromatic ring is 1. The number of nitrogens with two attached hydrogens (primary N) is 1. The van der Waals surface area contributed by atoms with Gasteiger partial charge in [-0.25, -0.2) is 4.79 Å². The van der Waals surface area contributed by atoms with Crippen molar-refractivity contribution >= 4 is 17.3 Å². The number of carbonyl (C=O) groups is 1. The molecule has 0 saturated heterocycles. The fourth-order valence-corrected chi connectivity index (χ4v) is 1.79. The molecule has 1 saturated carbocycles. The van der Waals surface area contributed by atoms with E-state index in [-0.39, 0.29) is 5.56 Å². The Morgan fingerprint density at radius 1 is 1.50 bits per heavy atom. The molecule has 1 fully saturated rings. The summed E-state index contributed by atoms with van der Waals surface area (Å²) < 4.78 is 0. The Balaban J connectivity index is 2.05. The molecule has 0 aromatic heterocycles. The largest absolute Gasteiger partial charge is 0.478 e. The van der Waals surface area contributed by atoms with E-state index in [9.17, 15) is 4.79 Å². The minimum Gasteiger partial charge on any atom is -0.478 e. The summed E-state index contributed by atoms with van der Waals surface area (Å²) in [5, 5.41) is 12.1. The van der Waals surface area contributed by atoms with Crippen molar-refractivity contribution in [3.8, 4) is 0 Å². The molecule has 0 spiro atoms. The van der Waals surface area contributed by atoms with Crippen LogP contribution in [0.5, 0.6) is 0 Å². The smallest absolute Gasteiger partial charge is 0.335 e. The van der Waals surface area contributed by atoms with Gasteiger partial charge in [0.05, 0.1) is 16.9 Å². The lowest BCUT2D eigenvalue weighted by molar-refractivity contribution is 0.0697. The van der Waals surface area contributed by atoms with Crippen LogP contribution in [0.25, 0.3) is 0 Å². The van der Waals surface area contributed by atoms with Gasteiger partial charge in [0, 0.05) is 6.54 Å². The first kappa shape index (κ1) is 10.8. The number of rotatable bonds is 4. The Morgan fingerprint density at radius 3 is 2.81 bits per heavy atom. The molecule has 4 heteroatoms. The molecule has 1 aliphatic carbocycles. The number of nitrogens with one attached hydrogen (secondary N) is 1. The predicted octanol–water partition coefficient (Wildman–Crippen LogP) is 2.18. The van der Waals surface area contributed by atoms with Crippen molar-refractivity contribution in [1.29, 1.82) is 0 Å². The molecule has 0 heterocycles. The molecule has 0 aliphatic heterocycles. The molecule has 1 aliphatic rings. The second kappa shape index (κ2) is 4.43. The highest BCUT2D eigenvalue weighted by Gasteiger charge is 2.17. The van der Waals surface area contributed by atoms with Crippen molar-refractivity contribution in [3.05, 3.63) is 23.8 Å². The van der Waals surface area contributed by atoms with Crippen LogP contribution in [-0.2, 0) is 0 Å². The lowest BCUT2D eigenvalue weighted by atomic mass is 9.85. The third kappa shape index (κ3) is 2.27. The minimum absolute atomic E-state index is 0.269. The normalized spacial score (nSPS) is 15.5. The van der Waals surface area contributed by atoms with Crippen molar-refractivity contribution in [2.75, 3.05) is 17.6 Å². The molecule has 2 rings (SSSR count). The average molecular weight is 220 g/mol. The van der Waals surface area contributed by atoms with Gasteiger partial charge in [0.25, 0.3) is 0 Å². The average Bonchev–Trinajstić information content (AvgIpc) is 2.18. The van der Waals surface area contributed by atoms with Crippen LogP contribution >= 0.6 is 0 Å². The number of carboxylic acid groups (broad SMARTS) is 1. The van der Waals surface area contributed by atoms with E-state index in [0.29, 0.717) is 11.6 Å². The van der Waals surface area contributed by atoms with E-state index in [1.165, 1.54) is 25.3 Å². The van der Waals surface area contributed by atoms with Crippen LogP contribution in [0.3, 0.4) is 0 Å². The Kier molecular flexibility index (Phi) is 2.99. The van der Waals surface area contributed by atoms with Gasteiger partial charge in [0.1, 0.15) is 0 Å². The van der Waals surface area contributed by atoms with E-state index in [0.717, 1.165) is 12.2 Å². The molecule has 4 nitrogen and oxygen atoms in total. The monoisotopic (exact) mass is 220 g/mol. The number of hydrogen-bond acceptors (Lipinski definition) is 3. The third-order valence-corrected chi connectivity index (χ3v) is 3.11. The van der Waals surface area contributed by atoms with Crippen LogP contribution in [0.1, 0.15) is 29.6 Å². The summed E-state index contributed by atoms with van der Waals surface area (Å²) in [4.78, 5) is 10.8. The summed E-state index contributed by atoms with van der Waals surface area (Å²) >= 11 is 0. The van der Waals surface area contributed by atoms with E-state index in [4.69, 9.17) is 10.8 Å². The molecule has 1 aromatic rings. The highest BCUT2D eigenvalue weighted by atomic mass is 16.4. The van der Waals surface area contributed by atoms with Gasteiger partial charge in [-0.05, 0) is 37.0 Å². The summed E-state index contributed by atoms with van der Waals surface area (Å²) in [5.41, 5.74) is 7.38. The Bertz CT molecular complexity index is 400. The molecule has 0 bridgehead atoms. The molecular formula is C12H16N2O2. The van der Waals surface area contributed by atoms with E-state index in [1.807, 2.05) is 0 Å². The van der Waals surface area contributed by atoms with Crippen molar-refractivity contribution in [2.24, 2.45) is 5.92 Å². The molecule has 0 unspecified atom stereocenters. The van der Waals surface area contributed by atoms with E-state index in [1.54, 1.807) is 12.1 Å². The number of aromatic carboxylic acids is 1. The van der Waals surface area contributed by atoms with Crippen molar-refractivity contribution in [2.45, 2.75) is 19.3 Å². The van der Waals surface area contributed by atoms with E-state index in [2.05, 4.69) is 5.32 Å². The van der Waals surface area contributed by atoms with Gasteiger partial charge in [-0.3, -0.25) is 0 Å². The van der Waals surface area contributed by atoms with Crippen molar-refractivity contribution in [1.82, 2.24) is 0 Å². The van der Waals surface area contributed by atoms with Crippen LogP contribution in [0.15, 0.2) is 18.2 Å². The zero-order valence-electron chi connectivity index (χ0n) is 9.07. The van der Waals surface area contributed by atoms with Crippen LogP contribution in [0, 0.1) is 5.92 Å². The minimum atomic E-state index is -0.924. The number of carboxylic acids is 1. The SMILES string of the molecule is Nc1ccc(C(=O)O)cc1NCC1CCC1. The fraction of sp³-hybridized carbons (Fsp3) is 0.417. The van der Waals surface area contributed by atoms with Gasteiger partial charge in [-0.1, -0.05) is 6.42 Å². The van der Waals surface area contributed by atoms with E-state index >= 15 is 0 Å². The van der Waals surface area contributed by atoms with Gasteiger partial charge in [-0.15, -0.1) is 0 Å². The number of benzene rings is 1. The second-order valence-electron chi connectivity index (χ2n) is 4.29. The summed E-state index contributed by atoms with van der Waals surface area (Å²) in [7, 11) is 0. The third-order valence-electron chi connectivity index (χ3n) is 3.11. The molecular weight excluding hydrogens is 204 g/mol. The summed E-state index contributed by atoms with van der Waals surface area (Å²) in [6.07, 6.45) is 3.81. The molecule has 0 amide bonds. The Labute approximate surface area is 94.5 Å². The van der Waals surface area contributed by atoms with Crippen LogP contribution in [-0.4, -0.2) is 17.6 Å². The number of hydrogen-bond donors (Lipinski definition) is 3. The topological polar surface area (TPSA) is 75.4 Å². The maximum absolute atomic E-state index is 10.8. The van der Waals surface area contributed by atoms with Gasteiger partial charge in [0.15, 0.2) is 0 Å². The van der Waals surface area contributed by atoms with Gasteiger partial charge in [-0.2, -0.15) is 0 Å². The Hall–Kier alpha value is -1.71. The first-order valence-electron chi connectivity index (χ1n) is 5.53. The van der Waals surface area contributed by atoms with Crippen molar-refractivity contribution < 1.29 is 9.90 Å². The van der Waals surface area contributed by atoms with Gasteiger partial charge < -0.3 is 16.2 Å². The highest BCUT2D eigenvalue weighted by molar-refractivity contribution is 5.90. The molecule has 16 heavy (non-hydrogen) atoms. The lowest BCUT2D eigenvalue weighted by Gasteiger charge is -2.26. The summed E-state index contributed by atoms with van der Waals surface area (Å²) in [5.74, 6) is -0.209. The molecule has 1 aromatic carbocycles. The molecule has 0 radical (unpaired) electrons. The zero-order valence-corrected chi connectivity index (χ0v) is 9.07. The fourth-order valence-electron chi connectivity index (χ4n) is 1.79. The molecule has 4 N–H and O–H groups in total. The molecule has 86 valence electrons. The highest BCUT2D eigenvalue weighted by Crippen LogP contribution is 2.28. The first-order chi connectivity index (χ1) is 7.66. The second-order valence-corrected chi connectivity index (χ2v) is 4.29. The summed E-state index contributed by atoms with van der Waals surface area (Å²) in [6, 6.07) is 4.75. The number of anilines is 2. The molecule has 0 atom stereocenters. The Morgan fingerprint density at radius 2 is 2.25 bits per heavy atom. The van der Waals surface area contributed by atoms with Crippen molar-refractivity contribution in [3.63, 3.8) is 0 Å². The predicted molar refractivity (Wildman–Crippen MR) is 63.6 cm³/mol. The van der Waals surface area contributed by atoms with Crippen LogP contribution in [0.2, 0.25) is 0 Å². The first-order valence-corrected chi connectivity index (χ1v) is 5.53. The van der Waals surface area contributed by atoms with Crippen LogP contribution in [0.4, 0.5) is 11.4 Å². The van der Waals surface area contributed by atoms with Gasteiger partial charge in [0.2, 0.25) is 0 Å². The standard InChI is InChI=1S/C12H16N2O2/c13-10-5-4-9(12(15)16)6-11(10)14-7-8-2-1-3-8/h4-6,8,14H,1-3,7,13H2,(H,15,16). The maximum Gasteiger partial charge on any atom is 0.335 e.